The molecule has 0 aliphatic carbocycles. The summed E-state index contributed by atoms with van der Waals surface area (Å²) in [5.74, 6) is 1.24. The number of benzene rings is 1. The molecular formula is C21H24Cl2N4O2. The predicted molar refractivity (Wildman–Crippen MR) is 119 cm³/mol. The molecule has 0 bridgehead atoms. The highest BCUT2D eigenvalue weighted by atomic mass is 35.5. The number of nitrogens with zero attached hydrogens (tertiary/aromatic N) is 2. The molecule has 8 heteroatoms. The normalized spacial score (nSPS) is 10.9. The Balaban J connectivity index is 1.88. The molecule has 3 rings (SSSR count). The predicted octanol–water partition coefficient (Wildman–Crippen LogP) is 5.59. The lowest BCUT2D eigenvalue weighted by Crippen LogP contribution is -2.03. The number of ether oxygens (including phenoxy) is 2. The zero-order chi connectivity index (χ0) is 20.6. The Morgan fingerprint density at radius 1 is 1.03 bits per heavy atom. The molecule has 1 aromatic carbocycles. The Labute approximate surface area is 180 Å². The van der Waals surface area contributed by atoms with E-state index >= 15 is 0 Å². The van der Waals surface area contributed by atoms with Gasteiger partial charge in [-0.1, -0.05) is 36.0 Å². The molecule has 29 heavy (non-hydrogen) atoms. The summed E-state index contributed by atoms with van der Waals surface area (Å²) in [7, 11) is 1.62. The van der Waals surface area contributed by atoms with Gasteiger partial charge in [-0.2, -0.15) is 0 Å². The summed E-state index contributed by atoms with van der Waals surface area (Å²) < 4.78 is 11.2. The number of aromatic nitrogens is 2. The molecule has 0 saturated carbocycles. The van der Waals surface area contributed by atoms with Crippen molar-refractivity contribution in [3.8, 4) is 11.6 Å². The first-order chi connectivity index (χ1) is 14.1. The van der Waals surface area contributed by atoms with Crippen molar-refractivity contribution >= 4 is 45.5 Å². The molecule has 2 aromatic heterocycles. The number of rotatable bonds is 10. The molecule has 0 unspecified atom stereocenters. The van der Waals surface area contributed by atoms with Crippen LogP contribution in [-0.2, 0) is 0 Å². The largest absolute Gasteiger partial charge is 0.497 e. The highest BCUT2D eigenvalue weighted by molar-refractivity contribution is 6.39. The molecule has 0 fully saturated rings. The Bertz CT molecular complexity index is 949. The van der Waals surface area contributed by atoms with Gasteiger partial charge in [0.2, 0.25) is 5.88 Å². The van der Waals surface area contributed by atoms with Crippen molar-refractivity contribution in [1.82, 2.24) is 9.97 Å². The molecular weight excluding hydrogens is 411 g/mol. The highest BCUT2D eigenvalue weighted by Crippen LogP contribution is 2.36. The molecule has 0 radical (unpaired) electrons. The third-order valence-corrected chi connectivity index (χ3v) is 5.03. The Hall–Kier alpha value is -2.28. The van der Waals surface area contributed by atoms with Gasteiger partial charge in [0.15, 0.2) is 0 Å². The molecule has 154 valence electrons. The minimum atomic E-state index is 0.429. The molecule has 0 amide bonds. The van der Waals surface area contributed by atoms with E-state index in [0.717, 1.165) is 54.6 Å². The number of anilines is 2. The summed E-state index contributed by atoms with van der Waals surface area (Å²) in [4.78, 5) is 8.62. The number of hydrogen-bond acceptors (Lipinski definition) is 6. The zero-order valence-corrected chi connectivity index (χ0v) is 17.8. The SMILES string of the molecule is COc1ccc2c(Nc3c(Cl)cncc3Cl)cc(OCCCCCCN)nc2c1. The summed E-state index contributed by atoms with van der Waals surface area (Å²) >= 11 is 12.6. The number of nitrogens with one attached hydrogen (secondary N) is 1. The van der Waals surface area contributed by atoms with Gasteiger partial charge in [-0.3, -0.25) is 4.98 Å². The van der Waals surface area contributed by atoms with Crippen molar-refractivity contribution in [1.29, 1.82) is 0 Å². The van der Waals surface area contributed by atoms with E-state index in [1.54, 1.807) is 19.5 Å². The van der Waals surface area contributed by atoms with Crippen molar-refractivity contribution in [2.24, 2.45) is 5.73 Å². The third-order valence-electron chi connectivity index (χ3n) is 4.46. The van der Waals surface area contributed by atoms with E-state index in [0.29, 0.717) is 28.2 Å². The number of hydrogen-bond donors (Lipinski definition) is 2. The Morgan fingerprint density at radius 3 is 2.52 bits per heavy atom. The molecule has 3 N–H and O–H groups in total. The van der Waals surface area contributed by atoms with Crippen LogP contribution in [0.25, 0.3) is 10.9 Å². The summed E-state index contributed by atoms with van der Waals surface area (Å²) in [5.41, 5.74) is 7.64. The van der Waals surface area contributed by atoms with Crippen LogP contribution in [0, 0.1) is 0 Å². The van der Waals surface area contributed by atoms with Gasteiger partial charge in [-0.05, 0) is 31.5 Å². The van der Waals surface area contributed by atoms with Gasteiger partial charge in [-0.25, -0.2) is 4.98 Å². The van der Waals surface area contributed by atoms with E-state index in [1.807, 2.05) is 24.3 Å². The molecule has 3 aromatic rings. The molecule has 0 saturated heterocycles. The second-order valence-electron chi connectivity index (χ2n) is 6.55. The van der Waals surface area contributed by atoms with Gasteiger partial charge < -0.3 is 20.5 Å². The van der Waals surface area contributed by atoms with Crippen LogP contribution in [0.3, 0.4) is 0 Å². The molecule has 0 spiro atoms. The van der Waals surface area contributed by atoms with Crippen molar-refractivity contribution in [3.63, 3.8) is 0 Å². The second-order valence-corrected chi connectivity index (χ2v) is 7.36. The summed E-state index contributed by atoms with van der Waals surface area (Å²) in [6.45, 7) is 1.31. The van der Waals surface area contributed by atoms with E-state index in [9.17, 15) is 0 Å². The minimum Gasteiger partial charge on any atom is -0.497 e. The van der Waals surface area contributed by atoms with Crippen LogP contribution >= 0.6 is 23.2 Å². The Kier molecular flexibility index (Phi) is 7.75. The smallest absolute Gasteiger partial charge is 0.215 e. The van der Waals surface area contributed by atoms with E-state index in [-0.39, 0.29) is 0 Å². The summed E-state index contributed by atoms with van der Waals surface area (Å²) in [5, 5.41) is 5.05. The maximum absolute atomic E-state index is 6.28. The van der Waals surface area contributed by atoms with Gasteiger partial charge in [0.1, 0.15) is 5.75 Å². The number of fused-ring (bicyclic) bond motifs is 1. The lowest BCUT2D eigenvalue weighted by Gasteiger charge is -2.15. The quantitative estimate of drug-likeness (QED) is 0.404. The van der Waals surface area contributed by atoms with Crippen molar-refractivity contribution < 1.29 is 9.47 Å². The molecule has 0 aliphatic heterocycles. The monoisotopic (exact) mass is 434 g/mol. The van der Waals surface area contributed by atoms with Crippen LogP contribution in [0.5, 0.6) is 11.6 Å². The average molecular weight is 435 g/mol. The maximum atomic E-state index is 6.28. The zero-order valence-electron chi connectivity index (χ0n) is 16.3. The first-order valence-electron chi connectivity index (χ1n) is 9.50. The summed E-state index contributed by atoms with van der Waals surface area (Å²) in [6, 6.07) is 7.53. The summed E-state index contributed by atoms with van der Waals surface area (Å²) in [6.07, 6.45) is 7.25. The van der Waals surface area contributed by atoms with Crippen molar-refractivity contribution in [2.75, 3.05) is 25.6 Å². The minimum absolute atomic E-state index is 0.429. The lowest BCUT2D eigenvalue weighted by molar-refractivity contribution is 0.295. The van der Waals surface area contributed by atoms with Gasteiger partial charge in [0, 0.05) is 29.9 Å². The van der Waals surface area contributed by atoms with Crippen LogP contribution in [0.1, 0.15) is 25.7 Å². The fourth-order valence-electron chi connectivity index (χ4n) is 2.93. The van der Waals surface area contributed by atoms with Crippen molar-refractivity contribution in [2.45, 2.75) is 25.7 Å². The maximum Gasteiger partial charge on any atom is 0.215 e. The fraction of sp³-hybridized carbons (Fsp3) is 0.333. The topological polar surface area (TPSA) is 82.3 Å². The van der Waals surface area contributed by atoms with Crippen molar-refractivity contribution in [3.05, 3.63) is 46.7 Å². The van der Waals surface area contributed by atoms with E-state index in [1.165, 1.54) is 0 Å². The van der Waals surface area contributed by atoms with E-state index in [2.05, 4.69) is 15.3 Å². The molecule has 6 nitrogen and oxygen atoms in total. The number of pyridine rings is 2. The van der Waals surface area contributed by atoms with Gasteiger partial charge in [0.25, 0.3) is 0 Å². The number of methoxy groups -OCH3 is 1. The van der Waals surface area contributed by atoms with Crippen LogP contribution in [-0.4, -0.2) is 30.2 Å². The van der Waals surface area contributed by atoms with Crippen LogP contribution in [0.2, 0.25) is 10.0 Å². The lowest BCUT2D eigenvalue weighted by atomic mass is 10.1. The third kappa shape index (κ3) is 5.63. The van der Waals surface area contributed by atoms with Gasteiger partial charge >= 0.3 is 0 Å². The van der Waals surface area contributed by atoms with Gasteiger partial charge in [0.05, 0.1) is 40.7 Å². The fourth-order valence-corrected chi connectivity index (χ4v) is 3.39. The molecule has 0 atom stereocenters. The number of nitrogens with two attached hydrogens (primary N) is 1. The van der Waals surface area contributed by atoms with Gasteiger partial charge in [-0.15, -0.1) is 0 Å². The first kappa shape index (κ1) is 21.4. The second kappa shape index (κ2) is 10.5. The number of halogens is 2. The molecule has 2 heterocycles. The Morgan fingerprint density at radius 2 is 1.79 bits per heavy atom. The number of unbranched alkanes of at least 4 members (excludes halogenated alkanes) is 3. The average Bonchev–Trinajstić information content (AvgIpc) is 2.72. The standard InChI is InChI=1S/C21H24Cl2N4O2/c1-28-14-6-7-15-18(10-14)26-20(29-9-5-3-2-4-8-24)11-19(15)27-21-16(22)12-25-13-17(21)23/h6-7,10-13H,2-5,8-9,24H2,1H3,(H,25,26,27). The van der Waals surface area contributed by atoms with Crippen LogP contribution in [0.15, 0.2) is 36.7 Å². The van der Waals surface area contributed by atoms with E-state index in [4.69, 9.17) is 38.4 Å². The van der Waals surface area contributed by atoms with E-state index < -0.39 is 0 Å². The van der Waals surface area contributed by atoms with Crippen LogP contribution in [0.4, 0.5) is 11.4 Å². The highest BCUT2D eigenvalue weighted by Gasteiger charge is 2.12. The molecule has 0 aliphatic rings. The first-order valence-corrected chi connectivity index (χ1v) is 10.3. The van der Waals surface area contributed by atoms with Crippen LogP contribution < -0.4 is 20.5 Å².